The number of hydrogen-bond donors (Lipinski definition) is 1. The SMILES string of the molecule is CNC(=O)CSc1nnc(N2CCN(C(=O)COc3ccccc3OC)CC2)s1. The number of hydrogen-bond acceptors (Lipinski definition) is 9. The van der Waals surface area contributed by atoms with Gasteiger partial charge in [0.25, 0.3) is 5.91 Å². The molecule has 0 atom stereocenters. The molecule has 156 valence electrons. The Morgan fingerprint density at radius 1 is 1.17 bits per heavy atom. The quantitative estimate of drug-likeness (QED) is 0.614. The maximum atomic E-state index is 12.5. The second kappa shape index (κ2) is 10.3. The van der Waals surface area contributed by atoms with Gasteiger partial charge in [-0.2, -0.15) is 0 Å². The van der Waals surface area contributed by atoms with Gasteiger partial charge >= 0.3 is 0 Å². The summed E-state index contributed by atoms with van der Waals surface area (Å²) >= 11 is 2.82. The van der Waals surface area contributed by atoms with Gasteiger partial charge in [-0.25, -0.2) is 0 Å². The van der Waals surface area contributed by atoms with Crippen molar-refractivity contribution in [1.82, 2.24) is 20.4 Å². The third-order valence-electron chi connectivity index (χ3n) is 4.32. The number of carbonyl (C=O) groups is 2. The molecule has 0 aliphatic carbocycles. The van der Waals surface area contributed by atoms with E-state index < -0.39 is 0 Å². The van der Waals surface area contributed by atoms with Crippen molar-refractivity contribution in [1.29, 1.82) is 0 Å². The van der Waals surface area contributed by atoms with Crippen LogP contribution in [0.15, 0.2) is 28.6 Å². The van der Waals surface area contributed by atoms with Crippen LogP contribution in [0, 0.1) is 0 Å². The summed E-state index contributed by atoms with van der Waals surface area (Å²) in [6.45, 7) is 2.51. The third kappa shape index (κ3) is 5.73. The number of ether oxygens (including phenoxy) is 2. The van der Waals surface area contributed by atoms with Crippen LogP contribution in [0.3, 0.4) is 0 Å². The fraction of sp³-hybridized carbons (Fsp3) is 0.444. The van der Waals surface area contributed by atoms with Gasteiger partial charge in [0, 0.05) is 33.2 Å². The number of nitrogens with zero attached hydrogens (tertiary/aromatic N) is 4. The van der Waals surface area contributed by atoms with E-state index in [0.29, 0.717) is 43.4 Å². The lowest BCUT2D eigenvalue weighted by Gasteiger charge is -2.34. The molecule has 1 fully saturated rings. The van der Waals surface area contributed by atoms with E-state index in [1.165, 1.54) is 23.1 Å². The van der Waals surface area contributed by atoms with Gasteiger partial charge in [0.2, 0.25) is 11.0 Å². The Morgan fingerprint density at radius 2 is 1.90 bits per heavy atom. The standard InChI is InChI=1S/C18H23N5O4S2/c1-19-15(24)12-28-18-21-20-17(29-18)23-9-7-22(8-10-23)16(25)11-27-14-6-4-3-5-13(14)26-2/h3-6H,7-12H2,1-2H3,(H,19,24). The lowest BCUT2D eigenvalue weighted by molar-refractivity contribution is -0.133. The van der Waals surface area contributed by atoms with Crippen LogP contribution in [-0.2, 0) is 9.59 Å². The molecule has 2 heterocycles. The van der Waals surface area contributed by atoms with E-state index in [9.17, 15) is 9.59 Å². The first-order chi connectivity index (χ1) is 14.1. The van der Waals surface area contributed by atoms with E-state index in [4.69, 9.17) is 9.47 Å². The number of carbonyl (C=O) groups excluding carboxylic acids is 2. The second-order valence-corrected chi connectivity index (χ2v) is 8.30. The Bertz CT molecular complexity index is 839. The average molecular weight is 438 g/mol. The minimum atomic E-state index is -0.0605. The molecule has 0 unspecified atom stereocenters. The zero-order chi connectivity index (χ0) is 20.6. The number of piperazine rings is 1. The summed E-state index contributed by atoms with van der Waals surface area (Å²) in [5.41, 5.74) is 0. The Morgan fingerprint density at radius 3 is 2.59 bits per heavy atom. The lowest BCUT2D eigenvalue weighted by Crippen LogP contribution is -2.50. The Balaban J connectivity index is 1.46. The predicted octanol–water partition coefficient (Wildman–Crippen LogP) is 1.11. The average Bonchev–Trinajstić information content (AvgIpc) is 3.25. The van der Waals surface area contributed by atoms with Crippen LogP contribution in [0.2, 0.25) is 0 Å². The monoisotopic (exact) mass is 437 g/mol. The summed E-state index contributed by atoms with van der Waals surface area (Å²) in [4.78, 5) is 27.7. The van der Waals surface area contributed by atoms with Crippen LogP contribution in [0.4, 0.5) is 5.13 Å². The minimum absolute atomic E-state index is 0.0283. The summed E-state index contributed by atoms with van der Waals surface area (Å²) in [5.74, 6) is 1.37. The van der Waals surface area contributed by atoms with Crippen molar-refractivity contribution in [3.63, 3.8) is 0 Å². The molecule has 2 amide bonds. The summed E-state index contributed by atoms with van der Waals surface area (Å²) in [6, 6.07) is 7.26. The van der Waals surface area contributed by atoms with Crippen molar-refractivity contribution >= 4 is 40.0 Å². The first kappa shape index (κ1) is 21.2. The summed E-state index contributed by atoms with van der Waals surface area (Å²) in [6.07, 6.45) is 0. The molecule has 11 heteroatoms. The van der Waals surface area contributed by atoms with Gasteiger partial charge in [0.05, 0.1) is 12.9 Å². The Labute approximate surface area is 177 Å². The third-order valence-corrected chi connectivity index (χ3v) is 6.44. The number of thioether (sulfide) groups is 1. The zero-order valence-corrected chi connectivity index (χ0v) is 17.9. The maximum Gasteiger partial charge on any atom is 0.260 e. The molecule has 0 radical (unpaired) electrons. The molecule has 9 nitrogen and oxygen atoms in total. The minimum Gasteiger partial charge on any atom is -0.493 e. The number of benzene rings is 1. The first-order valence-electron chi connectivity index (χ1n) is 9.06. The van der Waals surface area contributed by atoms with Crippen molar-refractivity contribution in [2.75, 3.05) is 57.6 Å². The number of amides is 2. The highest BCUT2D eigenvalue weighted by Crippen LogP contribution is 2.29. The molecule has 3 rings (SSSR count). The molecule has 2 aromatic rings. The molecule has 29 heavy (non-hydrogen) atoms. The molecule has 0 spiro atoms. The van der Waals surface area contributed by atoms with E-state index in [1.807, 2.05) is 12.1 Å². The van der Waals surface area contributed by atoms with Crippen LogP contribution >= 0.6 is 23.1 Å². The second-order valence-electron chi connectivity index (χ2n) is 6.12. The van der Waals surface area contributed by atoms with Crippen LogP contribution in [0.25, 0.3) is 0 Å². The van der Waals surface area contributed by atoms with E-state index in [1.54, 1.807) is 31.2 Å². The van der Waals surface area contributed by atoms with E-state index in [0.717, 1.165) is 9.47 Å². The van der Waals surface area contributed by atoms with Gasteiger partial charge in [-0.05, 0) is 12.1 Å². The number of para-hydroxylation sites is 2. The van der Waals surface area contributed by atoms with Gasteiger partial charge < -0.3 is 24.6 Å². The number of nitrogens with one attached hydrogen (secondary N) is 1. The number of anilines is 1. The highest BCUT2D eigenvalue weighted by atomic mass is 32.2. The highest BCUT2D eigenvalue weighted by molar-refractivity contribution is 8.01. The Hall–Kier alpha value is -2.53. The van der Waals surface area contributed by atoms with Crippen LogP contribution in [0.5, 0.6) is 11.5 Å². The summed E-state index contributed by atoms with van der Waals surface area (Å²) in [5, 5.41) is 11.7. The molecule has 1 aromatic heterocycles. The lowest BCUT2D eigenvalue weighted by atomic mass is 10.3. The molecular formula is C18H23N5O4S2. The normalized spacial score (nSPS) is 13.9. The topological polar surface area (TPSA) is 96.9 Å². The molecule has 0 bridgehead atoms. The van der Waals surface area contributed by atoms with Crippen LogP contribution in [-0.4, -0.2) is 79.6 Å². The fourth-order valence-electron chi connectivity index (χ4n) is 2.70. The van der Waals surface area contributed by atoms with Crippen molar-refractivity contribution in [2.45, 2.75) is 4.34 Å². The van der Waals surface area contributed by atoms with Crippen molar-refractivity contribution in [3.05, 3.63) is 24.3 Å². The summed E-state index contributed by atoms with van der Waals surface area (Å²) < 4.78 is 11.6. The summed E-state index contributed by atoms with van der Waals surface area (Å²) in [7, 11) is 3.18. The van der Waals surface area contributed by atoms with Gasteiger partial charge in [0.15, 0.2) is 22.4 Å². The van der Waals surface area contributed by atoms with Gasteiger partial charge in [0.1, 0.15) is 0 Å². The van der Waals surface area contributed by atoms with E-state index >= 15 is 0 Å². The molecular weight excluding hydrogens is 414 g/mol. The van der Waals surface area contributed by atoms with Crippen molar-refractivity contribution in [2.24, 2.45) is 0 Å². The molecule has 1 aromatic carbocycles. The van der Waals surface area contributed by atoms with Gasteiger partial charge in [-0.1, -0.05) is 35.2 Å². The molecule has 1 aliphatic rings. The van der Waals surface area contributed by atoms with Gasteiger partial charge in [-0.3, -0.25) is 9.59 Å². The molecule has 1 aliphatic heterocycles. The van der Waals surface area contributed by atoms with Gasteiger partial charge in [-0.15, -0.1) is 10.2 Å². The number of methoxy groups -OCH3 is 1. The smallest absolute Gasteiger partial charge is 0.260 e. The highest BCUT2D eigenvalue weighted by Gasteiger charge is 2.24. The van der Waals surface area contributed by atoms with E-state index in [2.05, 4.69) is 20.4 Å². The van der Waals surface area contributed by atoms with Crippen molar-refractivity contribution in [3.8, 4) is 11.5 Å². The first-order valence-corrected chi connectivity index (χ1v) is 10.9. The fourth-order valence-corrected chi connectivity index (χ4v) is 4.47. The Kier molecular flexibility index (Phi) is 7.53. The van der Waals surface area contributed by atoms with Crippen molar-refractivity contribution < 1.29 is 19.1 Å². The molecule has 0 saturated carbocycles. The van der Waals surface area contributed by atoms with Crippen LogP contribution in [0.1, 0.15) is 0 Å². The largest absolute Gasteiger partial charge is 0.493 e. The number of aromatic nitrogens is 2. The zero-order valence-electron chi connectivity index (χ0n) is 16.3. The van der Waals surface area contributed by atoms with Crippen LogP contribution < -0.4 is 19.7 Å². The molecule has 1 saturated heterocycles. The van der Waals surface area contributed by atoms with E-state index in [-0.39, 0.29) is 18.4 Å². The molecule has 1 N–H and O–H groups in total. The predicted molar refractivity (Wildman–Crippen MR) is 112 cm³/mol. The maximum absolute atomic E-state index is 12.5. The number of rotatable bonds is 8.